The third kappa shape index (κ3) is 2.92. The first-order valence-electron chi connectivity index (χ1n) is 7.69. The highest BCUT2D eigenvalue weighted by molar-refractivity contribution is 7.89. The van der Waals surface area contributed by atoms with Crippen LogP contribution in [-0.2, 0) is 10.0 Å². The zero-order valence-electron chi connectivity index (χ0n) is 12.5. The van der Waals surface area contributed by atoms with E-state index < -0.39 is 10.0 Å². The summed E-state index contributed by atoms with van der Waals surface area (Å²) < 4.78 is 25.7. The largest absolute Gasteiger partial charge is 0.357 e. The van der Waals surface area contributed by atoms with E-state index in [1.807, 2.05) is 6.07 Å². The normalized spacial score (nSPS) is 21.9. The van der Waals surface area contributed by atoms with Crippen LogP contribution in [0.4, 0.5) is 5.82 Å². The zero-order chi connectivity index (χ0) is 14.9. The maximum atomic E-state index is 11.7. The molecular weight excluding hydrogens is 286 g/mol. The van der Waals surface area contributed by atoms with E-state index in [9.17, 15) is 8.42 Å². The summed E-state index contributed by atoms with van der Waals surface area (Å²) >= 11 is 0. The second kappa shape index (κ2) is 5.57. The predicted molar refractivity (Wildman–Crippen MR) is 82.8 cm³/mol. The molecule has 2 aliphatic rings. The predicted octanol–water partition coefficient (Wildman–Crippen LogP) is 2.15. The van der Waals surface area contributed by atoms with E-state index in [0.717, 1.165) is 18.9 Å². The molecule has 1 aliphatic carbocycles. The van der Waals surface area contributed by atoms with Crippen LogP contribution in [0.2, 0.25) is 0 Å². The molecule has 1 saturated heterocycles. The van der Waals surface area contributed by atoms with E-state index in [2.05, 4.69) is 14.6 Å². The van der Waals surface area contributed by atoms with Crippen LogP contribution in [0.1, 0.15) is 38.5 Å². The van der Waals surface area contributed by atoms with Crippen LogP contribution in [0.15, 0.2) is 23.2 Å². The van der Waals surface area contributed by atoms with Gasteiger partial charge in [0.1, 0.15) is 10.7 Å². The molecule has 0 bridgehead atoms. The Labute approximate surface area is 126 Å². The molecular formula is C15H23N3O2S. The van der Waals surface area contributed by atoms with Crippen molar-refractivity contribution >= 4 is 15.8 Å². The lowest BCUT2D eigenvalue weighted by Crippen LogP contribution is -2.39. The van der Waals surface area contributed by atoms with Crippen molar-refractivity contribution in [3.63, 3.8) is 0 Å². The highest BCUT2D eigenvalue weighted by Gasteiger charge is 2.37. The van der Waals surface area contributed by atoms with Crippen molar-refractivity contribution in [3.8, 4) is 0 Å². The van der Waals surface area contributed by atoms with Crippen molar-refractivity contribution in [2.24, 2.45) is 5.41 Å². The summed E-state index contributed by atoms with van der Waals surface area (Å²) in [5.74, 6) is 0.887. The van der Waals surface area contributed by atoms with E-state index in [1.54, 1.807) is 6.07 Å². The summed E-state index contributed by atoms with van der Waals surface area (Å²) in [6.45, 7) is 2.07. The second-order valence-electron chi connectivity index (χ2n) is 6.25. The molecule has 21 heavy (non-hydrogen) atoms. The minimum Gasteiger partial charge on any atom is -0.357 e. The Bertz CT molecular complexity index is 582. The summed E-state index contributed by atoms with van der Waals surface area (Å²) in [6.07, 6.45) is 9.46. The lowest BCUT2D eigenvalue weighted by molar-refractivity contribution is 0.226. The molecule has 1 saturated carbocycles. The standard InChI is InChI=1S/C15H23N3O2S/c1-16-21(19,20)13-4-5-14(17-12-13)18-10-8-15(9-11-18)6-2-3-7-15/h4-5,12,16H,2-3,6-11H2,1H3. The van der Waals surface area contributed by atoms with Crippen molar-refractivity contribution in [3.05, 3.63) is 18.3 Å². The van der Waals surface area contributed by atoms with Gasteiger partial charge in [0.25, 0.3) is 0 Å². The average molecular weight is 309 g/mol. The molecule has 2 fully saturated rings. The molecule has 3 rings (SSSR count). The minimum atomic E-state index is -3.39. The Kier molecular flexibility index (Phi) is 3.92. The Morgan fingerprint density at radius 1 is 1.14 bits per heavy atom. The number of anilines is 1. The van der Waals surface area contributed by atoms with Gasteiger partial charge in [0.15, 0.2) is 0 Å². The van der Waals surface area contributed by atoms with Crippen LogP contribution in [0, 0.1) is 5.41 Å². The molecule has 0 atom stereocenters. The molecule has 1 N–H and O–H groups in total. The topological polar surface area (TPSA) is 62.3 Å². The molecule has 2 heterocycles. The van der Waals surface area contributed by atoms with E-state index in [4.69, 9.17) is 0 Å². The van der Waals surface area contributed by atoms with Crippen LogP contribution in [-0.4, -0.2) is 33.5 Å². The van der Waals surface area contributed by atoms with Gasteiger partial charge >= 0.3 is 0 Å². The number of pyridine rings is 1. The van der Waals surface area contributed by atoms with E-state index in [-0.39, 0.29) is 4.90 Å². The molecule has 6 heteroatoms. The van der Waals surface area contributed by atoms with E-state index in [0.29, 0.717) is 5.41 Å². The molecule has 116 valence electrons. The van der Waals surface area contributed by atoms with Crippen molar-refractivity contribution in [1.29, 1.82) is 0 Å². The summed E-state index contributed by atoms with van der Waals surface area (Å²) in [4.78, 5) is 6.84. The van der Waals surface area contributed by atoms with Gasteiger partial charge in [-0.2, -0.15) is 0 Å². The van der Waals surface area contributed by atoms with Crippen LogP contribution >= 0.6 is 0 Å². The van der Waals surface area contributed by atoms with Gasteiger partial charge < -0.3 is 4.90 Å². The second-order valence-corrected chi connectivity index (χ2v) is 8.14. The lowest BCUT2D eigenvalue weighted by Gasteiger charge is -2.40. The number of piperidine rings is 1. The molecule has 0 unspecified atom stereocenters. The monoisotopic (exact) mass is 309 g/mol. The van der Waals surface area contributed by atoms with Gasteiger partial charge in [-0.15, -0.1) is 0 Å². The van der Waals surface area contributed by atoms with E-state index >= 15 is 0 Å². The average Bonchev–Trinajstić information content (AvgIpc) is 2.96. The van der Waals surface area contributed by atoms with Crippen LogP contribution in [0.3, 0.4) is 0 Å². The number of rotatable bonds is 3. The molecule has 5 nitrogen and oxygen atoms in total. The van der Waals surface area contributed by atoms with Crippen LogP contribution in [0.5, 0.6) is 0 Å². The van der Waals surface area contributed by atoms with Crippen LogP contribution < -0.4 is 9.62 Å². The summed E-state index contributed by atoms with van der Waals surface area (Å²) in [6, 6.07) is 3.45. The third-order valence-corrected chi connectivity index (χ3v) is 6.51. The SMILES string of the molecule is CNS(=O)(=O)c1ccc(N2CCC3(CCCC3)CC2)nc1. The maximum Gasteiger partial charge on any atom is 0.241 e. The minimum absolute atomic E-state index is 0.220. The smallest absolute Gasteiger partial charge is 0.241 e. The molecule has 0 radical (unpaired) electrons. The van der Waals surface area contributed by atoms with Gasteiger partial charge in [-0.1, -0.05) is 12.8 Å². The highest BCUT2D eigenvalue weighted by atomic mass is 32.2. The van der Waals surface area contributed by atoms with Gasteiger partial charge in [0.2, 0.25) is 10.0 Å². The first-order valence-corrected chi connectivity index (χ1v) is 9.18. The van der Waals surface area contributed by atoms with Gasteiger partial charge in [-0.05, 0) is 50.3 Å². The van der Waals surface area contributed by atoms with E-state index in [1.165, 1.54) is 51.8 Å². The number of aromatic nitrogens is 1. The molecule has 1 spiro atoms. The van der Waals surface area contributed by atoms with Gasteiger partial charge in [0.05, 0.1) is 0 Å². The van der Waals surface area contributed by atoms with Crippen molar-refractivity contribution in [2.45, 2.75) is 43.4 Å². The molecule has 1 aromatic rings. The highest BCUT2D eigenvalue weighted by Crippen LogP contribution is 2.46. The van der Waals surface area contributed by atoms with Gasteiger partial charge in [-0.25, -0.2) is 18.1 Å². The first kappa shape index (κ1) is 14.8. The zero-order valence-corrected chi connectivity index (χ0v) is 13.3. The Balaban J connectivity index is 1.68. The number of hydrogen-bond donors (Lipinski definition) is 1. The number of nitrogens with one attached hydrogen (secondary N) is 1. The summed E-state index contributed by atoms with van der Waals surface area (Å²) in [7, 11) is -1.98. The Hall–Kier alpha value is -1.14. The maximum absolute atomic E-state index is 11.7. The first-order chi connectivity index (χ1) is 10.0. The van der Waals surface area contributed by atoms with Crippen molar-refractivity contribution in [1.82, 2.24) is 9.71 Å². The Morgan fingerprint density at radius 2 is 1.81 bits per heavy atom. The van der Waals surface area contributed by atoms with Gasteiger partial charge in [-0.3, -0.25) is 0 Å². The molecule has 1 aromatic heterocycles. The summed E-state index contributed by atoms with van der Waals surface area (Å²) in [5.41, 5.74) is 0.589. The summed E-state index contributed by atoms with van der Waals surface area (Å²) in [5, 5.41) is 0. The quantitative estimate of drug-likeness (QED) is 0.929. The molecule has 0 aromatic carbocycles. The fraction of sp³-hybridized carbons (Fsp3) is 0.667. The van der Waals surface area contributed by atoms with Gasteiger partial charge in [0, 0.05) is 19.3 Å². The van der Waals surface area contributed by atoms with Crippen molar-refractivity contribution in [2.75, 3.05) is 25.0 Å². The molecule has 0 amide bonds. The Morgan fingerprint density at radius 3 is 2.33 bits per heavy atom. The van der Waals surface area contributed by atoms with Crippen molar-refractivity contribution < 1.29 is 8.42 Å². The third-order valence-electron chi connectivity index (χ3n) is 5.11. The van der Waals surface area contributed by atoms with Crippen LogP contribution in [0.25, 0.3) is 0 Å². The molecule has 1 aliphatic heterocycles. The fourth-order valence-corrected chi connectivity index (χ4v) is 4.35. The lowest BCUT2D eigenvalue weighted by atomic mass is 9.77. The fourth-order valence-electron chi connectivity index (χ4n) is 3.67. The number of sulfonamides is 1. The number of nitrogens with zero attached hydrogens (tertiary/aromatic N) is 2. The number of hydrogen-bond acceptors (Lipinski definition) is 4.